The number of allylic oxidation sites excluding steroid dienone is 1. The summed E-state index contributed by atoms with van der Waals surface area (Å²) in [5.41, 5.74) is 1.50. The van der Waals surface area contributed by atoms with E-state index in [1.807, 2.05) is 0 Å². The summed E-state index contributed by atoms with van der Waals surface area (Å²) < 4.78 is 16.0. The van der Waals surface area contributed by atoms with Crippen LogP contribution in [-0.2, 0) is 0 Å². The van der Waals surface area contributed by atoms with E-state index in [0.717, 1.165) is 0 Å². The number of Topliss-reactive ketones (excluding diaryl/α,β-unsaturated/α-hetero) is 1. The van der Waals surface area contributed by atoms with Gasteiger partial charge in [0.15, 0.2) is 5.76 Å². The summed E-state index contributed by atoms with van der Waals surface area (Å²) in [6.45, 7) is 1.73. The summed E-state index contributed by atoms with van der Waals surface area (Å²) in [4.78, 5) is 24.8. The Balaban J connectivity index is 1.66. The lowest BCUT2D eigenvalue weighted by atomic mass is 10.0. The second-order valence-corrected chi connectivity index (χ2v) is 6.87. The molecule has 5 nitrogen and oxygen atoms in total. The topological polar surface area (TPSA) is 65.7 Å². The van der Waals surface area contributed by atoms with Gasteiger partial charge in [0, 0.05) is 21.7 Å². The molecule has 28 heavy (non-hydrogen) atoms. The number of rotatable bonds is 3. The fourth-order valence-electron chi connectivity index (χ4n) is 2.87. The Morgan fingerprint density at radius 3 is 2.54 bits per heavy atom. The predicted octanol–water partition coefficient (Wildman–Crippen LogP) is 5.73. The molecule has 0 saturated carbocycles. The zero-order chi connectivity index (χ0) is 19.8. The third-order valence-electron chi connectivity index (χ3n) is 4.15. The predicted molar refractivity (Wildman–Crippen MR) is 104 cm³/mol. The number of furan rings is 1. The number of halogens is 2. The van der Waals surface area contributed by atoms with Crippen molar-refractivity contribution in [3.05, 3.63) is 87.0 Å². The molecule has 2 aromatic carbocycles. The zero-order valence-electron chi connectivity index (χ0n) is 14.5. The van der Waals surface area contributed by atoms with E-state index < -0.39 is 5.97 Å². The lowest BCUT2D eigenvalue weighted by Gasteiger charge is -2.06. The second kappa shape index (κ2) is 7.19. The van der Waals surface area contributed by atoms with E-state index in [0.29, 0.717) is 32.5 Å². The Morgan fingerprint density at radius 1 is 1.11 bits per heavy atom. The molecule has 0 amide bonds. The minimum atomic E-state index is -0.646. The Hall–Kier alpha value is -3.02. The van der Waals surface area contributed by atoms with E-state index >= 15 is 0 Å². The van der Waals surface area contributed by atoms with Gasteiger partial charge in [0.25, 0.3) is 0 Å². The molecule has 7 heteroatoms. The highest BCUT2D eigenvalue weighted by atomic mass is 35.5. The van der Waals surface area contributed by atoms with Crippen LogP contribution in [0.2, 0.25) is 10.0 Å². The molecule has 0 saturated heterocycles. The van der Waals surface area contributed by atoms with Crippen LogP contribution < -0.4 is 9.47 Å². The maximum atomic E-state index is 12.8. The van der Waals surface area contributed by atoms with Crippen molar-refractivity contribution in [2.24, 2.45) is 0 Å². The van der Waals surface area contributed by atoms with Crippen molar-refractivity contribution in [3.63, 3.8) is 0 Å². The fourth-order valence-corrected chi connectivity index (χ4v) is 3.37. The molecule has 0 atom stereocenters. The SMILES string of the molecule is Cc1cc(OC(=O)c2ccco2)cc2c1C(=O)/C(=C/c1c(Cl)cccc1Cl)O2. The average Bonchev–Trinajstić information content (AvgIpc) is 3.27. The van der Waals surface area contributed by atoms with Gasteiger partial charge < -0.3 is 13.9 Å². The standard InChI is InChI=1S/C21H12Cl2O5/c1-11-8-12(27-21(25)16-6-3-7-26-16)9-17-19(11)20(24)18(28-17)10-13-14(22)4-2-5-15(13)23/h2-10H,1H3/b18-10-. The molecule has 2 heterocycles. The first-order valence-electron chi connectivity index (χ1n) is 8.22. The fraction of sp³-hybridized carbons (Fsp3) is 0.0476. The molecule has 0 unspecified atom stereocenters. The van der Waals surface area contributed by atoms with Gasteiger partial charge in [-0.1, -0.05) is 29.3 Å². The van der Waals surface area contributed by atoms with E-state index in [1.54, 1.807) is 37.3 Å². The van der Waals surface area contributed by atoms with Gasteiger partial charge in [-0.2, -0.15) is 0 Å². The first-order chi connectivity index (χ1) is 13.4. The summed E-state index contributed by atoms with van der Waals surface area (Å²) in [5.74, 6) is -0.254. The Kier molecular flexibility index (Phi) is 4.71. The molecule has 3 aromatic rings. The van der Waals surface area contributed by atoms with E-state index in [1.165, 1.54) is 24.5 Å². The summed E-state index contributed by atoms with van der Waals surface area (Å²) in [5, 5.41) is 0.800. The van der Waals surface area contributed by atoms with Crippen molar-refractivity contribution < 1.29 is 23.5 Å². The van der Waals surface area contributed by atoms with E-state index in [2.05, 4.69) is 0 Å². The molecular formula is C21H12Cl2O5. The molecule has 0 fully saturated rings. The van der Waals surface area contributed by atoms with Gasteiger partial charge in [0.05, 0.1) is 11.8 Å². The summed E-state index contributed by atoms with van der Waals surface area (Å²) in [6.07, 6.45) is 2.88. The number of fused-ring (bicyclic) bond motifs is 1. The molecule has 0 N–H and O–H groups in total. The van der Waals surface area contributed by atoms with Crippen LogP contribution in [-0.4, -0.2) is 11.8 Å². The number of hydrogen-bond acceptors (Lipinski definition) is 5. The molecule has 0 bridgehead atoms. The number of benzene rings is 2. The van der Waals surface area contributed by atoms with Crippen LogP contribution >= 0.6 is 23.2 Å². The third-order valence-corrected chi connectivity index (χ3v) is 4.81. The molecular weight excluding hydrogens is 403 g/mol. The van der Waals surface area contributed by atoms with Gasteiger partial charge in [-0.05, 0) is 48.9 Å². The number of aryl methyl sites for hydroxylation is 1. The minimum absolute atomic E-state index is 0.0732. The number of carbonyl (C=O) groups is 2. The molecule has 1 aromatic heterocycles. The van der Waals surface area contributed by atoms with Crippen LogP contribution in [0.15, 0.2) is 58.9 Å². The molecule has 1 aliphatic rings. The summed E-state index contributed by atoms with van der Waals surface area (Å²) >= 11 is 12.3. The van der Waals surface area contributed by atoms with E-state index in [4.69, 9.17) is 37.1 Å². The molecule has 0 spiro atoms. The number of carbonyl (C=O) groups excluding carboxylic acids is 2. The van der Waals surface area contributed by atoms with Crippen LogP contribution in [0.25, 0.3) is 6.08 Å². The number of ether oxygens (including phenoxy) is 2. The van der Waals surface area contributed by atoms with Crippen LogP contribution in [0, 0.1) is 6.92 Å². The van der Waals surface area contributed by atoms with E-state index in [9.17, 15) is 9.59 Å². The Morgan fingerprint density at radius 2 is 1.86 bits per heavy atom. The molecule has 1 aliphatic heterocycles. The number of hydrogen-bond donors (Lipinski definition) is 0. The van der Waals surface area contributed by atoms with Crippen molar-refractivity contribution in [2.75, 3.05) is 0 Å². The smallest absolute Gasteiger partial charge is 0.379 e. The van der Waals surface area contributed by atoms with Gasteiger partial charge in [0.1, 0.15) is 11.5 Å². The highest BCUT2D eigenvalue weighted by Gasteiger charge is 2.31. The van der Waals surface area contributed by atoms with Gasteiger partial charge in [-0.3, -0.25) is 4.79 Å². The summed E-state index contributed by atoms with van der Waals surface area (Å²) in [6, 6.07) is 11.2. The molecule has 140 valence electrons. The Labute approximate surface area is 170 Å². The van der Waals surface area contributed by atoms with E-state index in [-0.39, 0.29) is 23.1 Å². The van der Waals surface area contributed by atoms with Gasteiger partial charge in [-0.15, -0.1) is 0 Å². The third kappa shape index (κ3) is 3.30. The van der Waals surface area contributed by atoms with Crippen LogP contribution in [0.3, 0.4) is 0 Å². The van der Waals surface area contributed by atoms with Crippen molar-refractivity contribution in [1.82, 2.24) is 0 Å². The van der Waals surface area contributed by atoms with Crippen molar-refractivity contribution in [2.45, 2.75) is 6.92 Å². The van der Waals surface area contributed by atoms with Crippen LogP contribution in [0.5, 0.6) is 11.5 Å². The quantitative estimate of drug-likeness (QED) is 0.311. The minimum Gasteiger partial charge on any atom is -0.457 e. The van der Waals surface area contributed by atoms with Gasteiger partial charge >= 0.3 is 5.97 Å². The molecule has 0 aliphatic carbocycles. The van der Waals surface area contributed by atoms with Crippen molar-refractivity contribution in [3.8, 4) is 11.5 Å². The maximum absolute atomic E-state index is 12.8. The maximum Gasteiger partial charge on any atom is 0.379 e. The van der Waals surface area contributed by atoms with Crippen molar-refractivity contribution in [1.29, 1.82) is 0 Å². The van der Waals surface area contributed by atoms with Crippen molar-refractivity contribution >= 4 is 41.0 Å². The normalized spacial score (nSPS) is 14.1. The first-order valence-corrected chi connectivity index (χ1v) is 8.98. The lowest BCUT2D eigenvalue weighted by Crippen LogP contribution is -2.07. The van der Waals surface area contributed by atoms with Crippen LogP contribution in [0.4, 0.5) is 0 Å². The number of esters is 1. The largest absolute Gasteiger partial charge is 0.457 e. The second-order valence-electron chi connectivity index (χ2n) is 6.06. The van der Waals surface area contributed by atoms with Gasteiger partial charge in [0.2, 0.25) is 11.5 Å². The average molecular weight is 415 g/mol. The lowest BCUT2D eigenvalue weighted by molar-refractivity contribution is 0.0701. The molecule has 0 radical (unpaired) electrons. The van der Waals surface area contributed by atoms with Crippen LogP contribution in [0.1, 0.15) is 32.0 Å². The Bertz CT molecular complexity index is 1110. The number of ketones is 1. The highest BCUT2D eigenvalue weighted by molar-refractivity contribution is 6.37. The first kappa shape index (κ1) is 18.3. The highest BCUT2D eigenvalue weighted by Crippen LogP contribution is 2.38. The monoisotopic (exact) mass is 414 g/mol. The zero-order valence-corrected chi connectivity index (χ0v) is 16.0. The van der Waals surface area contributed by atoms with Gasteiger partial charge in [-0.25, -0.2) is 4.79 Å². The molecule has 4 rings (SSSR count). The summed E-state index contributed by atoms with van der Waals surface area (Å²) in [7, 11) is 0.